The Morgan fingerprint density at radius 2 is 2.12 bits per heavy atom. The smallest absolute Gasteiger partial charge is 0.125 e. The maximum Gasteiger partial charge on any atom is 0.125 e. The van der Waals surface area contributed by atoms with Gasteiger partial charge in [-0.3, -0.25) is 4.68 Å². The van der Waals surface area contributed by atoms with Crippen molar-refractivity contribution in [2.75, 3.05) is 0 Å². The second-order valence-corrected chi connectivity index (χ2v) is 6.29. The number of benzene rings is 1. The average Bonchev–Trinajstić information content (AvgIpc) is 3.11. The quantitative estimate of drug-likeness (QED) is 0.787. The first-order chi connectivity index (χ1) is 11.5. The predicted molar refractivity (Wildman–Crippen MR) is 91.5 cm³/mol. The molecule has 6 heteroatoms. The summed E-state index contributed by atoms with van der Waals surface area (Å²) in [5.41, 5.74) is 11.9. The summed E-state index contributed by atoms with van der Waals surface area (Å²) in [6.07, 6.45) is 7.56. The van der Waals surface area contributed by atoms with Crippen LogP contribution in [0.15, 0.2) is 24.5 Å². The molecule has 0 saturated carbocycles. The van der Waals surface area contributed by atoms with Crippen molar-refractivity contribution in [3.8, 4) is 0 Å². The first-order valence-corrected chi connectivity index (χ1v) is 7.96. The third-order valence-corrected chi connectivity index (χ3v) is 4.33. The first-order valence-electron chi connectivity index (χ1n) is 7.96. The standard InChI is InChI=1S/C18H18FN5/c1-10(20)14-6-13(19)7-16-18(14)23-17-12(3-4-15(17)22-16)5-11-8-21-24(2)9-11/h5-10H,3-4,20H2,1-2H3/t10-/m1/s1. The lowest BCUT2D eigenvalue weighted by atomic mass is 10.1. The fourth-order valence-electron chi connectivity index (χ4n) is 3.19. The topological polar surface area (TPSA) is 69.6 Å². The second kappa shape index (κ2) is 5.49. The van der Waals surface area contributed by atoms with Crippen LogP contribution in [0.2, 0.25) is 0 Å². The summed E-state index contributed by atoms with van der Waals surface area (Å²) in [7, 11) is 1.89. The summed E-state index contributed by atoms with van der Waals surface area (Å²) >= 11 is 0. The van der Waals surface area contributed by atoms with Crippen molar-refractivity contribution in [2.45, 2.75) is 25.8 Å². The molecule has 0 fully saturated rings. The summed E-state index contributed by atoms with van der Waals surface area (Å²) < 4.78 is 15.6. The molecular formula is C18H18FN5. The van der Waals surface area contributed by atoms with Gasteiger partial charge in [-0.15, -0.1) is 0 Å². The highest BCUT2D eigenvalue weighted by Crippen LogP contribution is 2.34. The minimum Gasteiger partial charge on any atom is -0.324 e. The van der Waals surface area contributed by atoms with E-state index in [1.54, 1.807) is 4.68 Å². The predicted octanol–water partition coefficient (Wildman–Crippen LogP) is 3.01. The minimum atomic E-state index is -0.326. The van der Waals surface area contributed by atoms with E-state index in [2.05, 4.69) is 16.2 Å². The van der Waals surface area contributed by atoms with Gasteiger partial charge in [0.2, 0.25) is 0 Å². The van der Waals surface area contributed by atoms with Gasteiger partial charge in [-0.1, -0.05) is 0 Å². The molecule has 2 heterocycles. The summed E-state index contributed by atoms with van der Waals surface area (Å²) in [5, 5.41) is 4.19. The van der Waals surface area contributed by atoms with Gasteiger partial charge in [0.1, 0.15) is 5.82 Å². The van der Waals surface area contributed by atoms with Crippen molar-refractivity contribution in [2.24, 2.45) is 12.8 Å². The Kier molecular flexibility index (Phi) is 3.42. The van der Waals surface area contributed by atoms with Crippen molar-refractivity contribution >= 4 is 22.7 Å². The molecule has 122 valence electrons. The average molecular weight is 323 g/mol. The monoisotopic (exact) mass is 323 g/mol. The number of hydrogen-bond donors (Lipinski definition) is 1. The number of aromatic nitrogens is 4. The van der Waals surface area contributed by atoms with E-state index in [1.807, 2.05) is 26.4 Å². The third kappa shape index (κ3) is 2.49. The fraction of sp³-hybridized carbons (Fsp3) is 0.278. The lowest BCUT2D eigenvalue weighted by Gasteiger charge is -2.11. The van der Waals surface area contributed by atoms with Gasteiger partial charge in [0.25, 0.3) is 0 Å². The third-order valence-electron chi connectivity index (χ3n) is 4.33. The Bertz CT molecular complexity index is 971. The molecule has 5 nitrogen and oxygen atoms in total. The molecule has 24 heavy (non-hydrogen) atoms. The van der Waals surface area contributed by atoms with Crippen LogP contribution >= 0.6 is 0 Å². The fourth-order valence-corrected chi connectivity index (χ4v) is 3.19. The van der Waals surface area contributed by atoms with Crippen LogP contribution in [0.4, 0.5) is 4.39 Å². The number of hydrogen-bond acceptors (Lipinski definition) is 4. The summed E-state index contributed by atoms with van der Waals surface area (Å²) in [6.45, 7) is 1.83. The summed E-state index contributed by atoms with van der Waals surface area (Å²) in [5.74, 6) is -0.326. The van der Waals surface area contributed by atoms with Crippen molar-refractivity contribution in [1.82, 2.24) is 19.7 Å². The SMILES string of the molecule is C[C@@H](N)c1cc(F)cc2nc3c(nc12)C(=Cc1cnn(C)c1)CC3. The van der Waals surface area contributed by atoms with Crippen LogP contribution in [0.5, 0.6) is 0 Å². The van der Waals surface area contributed by atoms with Crippen LogP contribution in [0.1, 0.15) is 41.9 Å². The van der Waals surface area contributed by atoms with Gasteiger partial charge in [-0.25, -0.2) is 14.4 Å². The van der Waals surface area contributed by atoms with Crippen molar-refractivity contribution in [3.63, 3.8) is 0 Å². The van der Waals surface area contributed by atoms with Crippen LogP contribution in [0.25, 0.3) is 22.7 Å². The van der Waals surface area contributed by atoms with E-state index in [9.17, 15) is 4.39 Å². The number of halogens is 1. The lowest BCUT2D eigenvalue weighted by Crippen LogP contribution is -2.08. The summed E-state index contributed by atoms with van der Waals surface area (Å²) in [6, 6.07) is 2.58. The van der Waals surface area contributed by atoms with Crippen LogP contribution in [-0.4, -0.2) is 19.7 Å². The zero-order valence-corrected chi connectivity index (χ0v) is 13.6. The molecule has 1 aliphatic rings. The van der Waals surface area contributed by atoms with Crippen LogP contribution in [-0.2, 0) is 13.5 Å². The first kappa shape index (κ1) is 15.0. The molecule has 1 aliphatic carbocycles. The highest BCUT2D eigenvalue weighted by Gasteiger charge is 2.22. The van der Waals surface area contributed by atoms with E-state index in [0.29, 0.717) is 16.6 Å². The van der Waals surface area contributed by atoms with E-state index < -0.39 is 0 Å². The molecule has 0 radical (unpaired) electrons. The number of allylic oxidation sites excluding steroid dienone is 1. The zero-order valence-electron chi connectivity index (χ0n) is 13.6. The van der Waals surface area contributed by atoms with E-state index in [0.717, 1.165) is 35.4 Å². The molecule has 0 amide bonds. The van der Waals surface area contributed by atoms with Gasteiger partial charge in [0, 0.05) is 30.9 Å². The van der Waals surface area contributed by atoms with Crippen LogP contribution in [0, 0.1) is 5.82 Å². The van der Waals surface area contributed by atoms with E-state index in [4.69, 9.17) is 10.7 Å². The molecule has 0 aliphatic heterocycles. The molecule has 1 atom stereocenters. The molecule has 0 unspecified atom stereocenters. The maximum absolute atomic E-state index is 13.8. The van der Waals surface area contributed by atoms with Gasteiger partial charge in [0.15, 0.2) is 0 Å². The molecule has 3 aromatic rings. The van der Waals surface area contributed by atoms with Gasteiger partial charge in [-0.2, -0.15) is 5.10 Å². The molecule has 1 aromatic carbocycles. The summed E-state index contributed by atoms with van der Waals surface area (Å²) in [4.78, 5) is 9.43. The number of aryl methyl sites for hydroxylation is 2. The number of rotatable bonds is 2. The maximum atomic E-state index is 13.8. The van der Waals surface area contributed by atoms with Crippen molar-refractivity contribution in [3.05, 3.63) is 52.9 Å². The Labute approximate surface area is 139 Å². The Morgan fingerprint density at radius 3 is 2.83 bits per heavy atom. The van der Waals surface area contributed by atoms with Crippen LogP contribution in [0.3, 0.4) is 0 Å². The molecule has 4 rings (SSSR count). The molecular weight excluding hydrogens is 305 g/mol. The Morgan fingerprint density at radius 1 is 1.29 bits per heavy atom. The molecule has 2 N–H and O–H groups in total. The molecule has 2 aromatic heterocycles. The number of fused-ring (bicyclic) bond motifs is 2. The van der Waals surface area contributed by atoms with Gasteiger partial charge in [-0.05, 0) is 43.0 Å². The van der Waals surface area contributed by atoms with Crippen molar-refractivity contribution in [1.29, 1.82) is 0 Å². The second-order valence-electron chi connectivity index (χ2n) is 6.29. The Hall–Kier alpha value is -2.60. The van der Waals surface area contributed by atoms with Gasteiger partial charge in [0.05, 0.1) is 28.6 Å². The highest BCUT2D eigenvalue weighted by molar-refractivity contribution is 5.87. The van der Waals surface area contributed by atoms with Crippen LogP contribution < -0.4 is 5.73 Å². The lowest BCUT2D eigenvalue weighted by molar-refractivity contribution is 0.624. The van der Waals surface area contributed by atoms with E-state index in [-0.39, 0.29) is 11.9 Å². The Balaban J connectivity index is 1.89. The number of nitrogens with two attached hydrogens (primary N) is 1. The zero-order chi connectivity index (χ0) is 16.8. The van der Waals surface area contributed by atoms with Gasteiger partial charge < -0.3 is 5.73 Å². The largest absolute Gasteiger partial charge is 0.324 e. The highest BCUT2D eigenvalue weighted by atomic mass is 19.1. The number of nitrogens with zero attached hydrogens (tertiary/aromatic N) is 4. The molecule has 0 bridgehead atoms. The van der Waals surface area contributed by atoms with E-state index in [1.165, 1.54) is 12.1 Å². The minimum absolute atomic E-state index is 0.303. The molecule has 0 saturated heterocycles. The molecule has 0 spiro atoms. The van der Waals surface area contributed by atoms with E-state index >= 15 is 0 Å². The van der Waals surface area contributed by atoms with Gasteiger partial charge >= 0.3 is 0 Å². The normalized spacial score (nSPS) is 16.8. The van der Waals surface area contributed by atoms with Crippen molar-refractivity contribution < 1.29 is 4.39 Å².